The Bertz CT molecular complexity index is 951. The molecule has 2 heterocycles. The van der Waals surface area contributed by atoms with Crippen LogP contribution in [0.25, 0.3) is 11.4 Å². The second-order valence-electron chi connectivity index (χ2n) is 5.43. The Kier molecular flexibility index (Phi) is 4.69. The van der Waals surface area contributed by atoms with Gasteiger partial charge >= 0.3 is 6.18 Å². The highest BCUT2D eigenvalue weighted by atomic mass is 35.5. The molecule has 0 saturated heterocycles. The lowest BCUT2D eigenvalue weighted by atomic mass is 10.2. The maximum atomic E-state index is 12.8. The second kappa shape index (κ2) is 6.80. The lowest BCUT2D eigenvalue weighted by molar-refractivity contribution is -0.141. The molecule has 3 rings (SSSR count). The van der Waals surface area contributed by atoms with Crippen molar-refractivity contribution in [1.29, 1.82) is 0 Å². The Morgan fingerprint density at radius 2 is 1.77 bits per heavy atom. The smallest absolute Gasteiger partial charge is 0.320 e. The van der Waals surface area contributed by atoms with Gasteiger partial charge in [0, 0.05) is 23.8 Å². The van der Waals surface area contributed by atoms with Crippen molar-refractivity contribution < 1.29 is 18.0 Å². The van der Waals surface area contributed by atoms with E-state index in [-0.39, 0.29) is 17.3 Å². The van der Waals surface area contributed by atoms with E-state index in [0.29, 0.717) is 10.6 Å². The van der Waals surface area contributed by atoms with Gasteiger partial charge in [0.15, 0.2) is 0 Å². The van der Waals surface area contributed by atoms with Crippen molar-refractivity contribution in [3.05, 3.63) is 64.9 Å². The molecule has 0 aliphatic heterocycles. The summed E-state index contributed by atoms with van der Waals surface area (Å²) in [5, 5.41) is 3.10. The number of nitrogens with zero attached hydrogens (tertiary/aromatic N) is 3. The Balaban J connectivity index is 1.85. The standard InChI is InChI=1S/C17H12ClF3N4O/c1-25-9-13(12-3-2-4-14(22-12)17(19,20)21)23-16(25)24-15(26)10-5-7-11(18)8-6-10/h2-9H,1H3,(H,23,24,26). The van der Waals surface area contributed by atoms with Crippen LogP contribution in [0, 0.1) is 0 Å². The van der Waals surface area contributed by atoms with E-state index < -0.39 is 17.8 Å². The zero-order valence-corrected chi connectivity index (χ0v) is 14.1. The van der Waals surface area contributed by atoms with Crippen LogP contribution in [-0.2, 0) is 13.2 Å². The number of aromatic nitrogens is 3. The topological polar surface area (TPSA) is 59.8 Å². The first-order valence-electron chi connectivity index (χ1n) is 7.39. The van der Waals surface area contributed by atoms with Crippen molar-refractivity contribution in [3.8, 4) is 11.4 Å². The quantitative estimate of drug-likeness (QED) is 0.732. The predicted octanol–water partition coefficient (Wildman–Crippen LogP) is 4.41. The van der Waals surface area contributed by atoms with E-state index >= 15 is 0 Å². The molecule has 0 fully saturated rings. The number of rotatable bonds is 3. The molecular formula is C17H12ClF3N4O. The summed E-state index contributed by atoms with van der Waals surface area (Å²) in [6, 6.07) is 9.81. The molecule has 0 spiro atoms. The molecule has 9 heteroatoms. The number of aryl methyl sites for hydroxylation is 1. The molecule has 3 aromatic rings. The van der Waals surface area contributed by atoms with Crippen LogP contribution in [0.4, 0.5) is 19.1 Å². The van der Waals surface area contributed by atoms with Crippen LogP contribution in [0.15, 0.2) is 48.7 Å². The van der Waals surface area contributed by atoms with E-state index in [1.165, 1.54) is 22.9 Å². The molecule has 0 unspecified atom stereocenters. The lowest BCUT2D eigenvalue weighted by Gasteiger charge is -2.06. The molecule has 2 aromatic heterocycles. The molecule has 0 saturated carbocycles. The van der Waals surface area contributed by atoms with Crippen molar-refractivity contribution in [3.63, 3.8) is 0 Å². The van der Waals surface area contributed by atoms with Crippen molar-refractivity contribution in [2.45, 2.75) is 6.18 Å². The van der Waals surface area contributed by atoms with Crippen molar-refractivity contribution >= 4 is 23.5 Å². The number of carbonyl (C=O) groups excluding carboxylic acids is 1. The van der Waals surface area contributed by atoms with E-state index in [1.54, 1.807) is 31.3 Å². The van der Waals surface area contributed by atoms with Crippen LogP contribution in [-0.4, -0.2) is 20.4 Å². The minimum absolute atomic E-state index is 0.0578. The Morgan fingerprint density at radius 1 is 1.08 bits per heavy atom. The summed E-state index contributed by atoms with van der Waals surface area (Å²) in [7, 11) is 1.61. The summed E-state index contributed by atoms with van der Waals surface area (Å²) in [6.45, 7) is 0. The number of carbonyl (C=O) groups is 1. The number of halogens is 4. The molecule has 0 aliphatic rings. The third-order valence-electron chi connectivity index (χ3n) is 3.51. The van der Waals surface area contributed by atoms with Crippen LogP contribution < -0.4 is 5.32 Å². The molecule has 1 aromatic carbocycles. The second-order valence-corrected chi connectivity index (χ2v) is 5.86. The highest BCUT2D eigenvalue weighted by Gasteiger charge is 2.32. The number of benzene rings is 1. The summed E-state index contributed by atoms with van der Waals surface area (Å²) in [4.78, 5) is 20.0. The maximum Gasteiger partial charge on any atom is 0.433 e. The number of amides is 1. The van der Waals surface area contributed by atoms with Crippen LogP contribution in [0.2, 0.25) is 5.02 Å². The maximum absolute atomic E-state index is 12.8. The fourth-order valence-corrected chi connectivity index (χ4v) is 2.34. The highest BCUT2D eigenvalue weighted by molar-refractivity contribution is 6.30. The van der Waals surface area contributed by atoms with E-state index in [9.17, 15) is 18.0 Å². The SMILES string of the molecule is Cn1cc(-c2cccc(C(F)(F)F)n2)nc1NC(=O)c1ccc(Cl)cc1. The number of alkyl halides is 3. The van der Waals surface area contributed by atoms with Gasteiger partial charge in [0.1, 0.15) is 11.4 Å². The molecule has 5 nitrogen and oxygen atoms in total. The number of anilines is 1. The van der Waals surface area contributed by atoms with Gasteiger partial charge in [-0.2, -0.15) is 13.2 Å². The fourth-order valence-electron chi connectivity index (χ4n) is 2.22. The first-order chi connectivity index (χ1) is 12.2. The monoisotopic (exact) mass is 380 g/mol. The minimum Gasteiger partial charge on any atom is -0.320 e. The number of hydrogen-bond acceptors (Lipinski definition) is 3. The van der Waals surface area contributed by atoms with Gasteiger partial charge in [0.2, 0.25) is 5.95 Å². The molecule has 1 N–H and O–H groups in total. The van der Waals surface area contributed by atoms with Crippen molar-refractivity contribution in [1.82, 2.24) is 14.5 Å². The minimum atomic E-state index is -4.55. The number of imidazole rings is 1. The van der Waals surface area contributed by atoms with Crippen LogP contribution in [0.3, 0.4) is 0 Å². The first-order valence-corrected chi connectivity index (χ1v) is 7.77. The molecule has 26 heavy (non-hydrogen) atoms. The summed E-state index contributed by atoms with van der Waals surface area (Å²) in [5.74, 6) is -0.238. The van der Waals surface area contributed by atoms with Crippen molar-refractivity contribution in [2.24, 2.45) is 7.05 Å². The molecule has 0 aliphatic carbocycles. The third kappa shape index (κ3) is 3.85. The Hall–Kier alpha value is -2.87. The molecular weight excluding hydrogens is 369 g/mol. The summed E-state index contributed by atoms with van der Waals surface area (Å²) in [6.07, 6.45) is -3.06. The van der Waals surface area contributed by atoms with Gasteiger partial charge in [-0.3, -0.25) is 10.1 Å². The van der Waals surface area contributed by atoms with E-state index in [1.807, 2.05) is 0 Å². The Morgan fingerprint density at radius 3 is 2.42 bits per heavy atom. The van der Waals surface area contributed by atoms with Crippen LogP contribution in [0.1, 0.15) is 16.1 Å². The molecule has 0 atom stereocenters. The summed E-state index contributed by atoms with van der Waals surface area (Å²) in [5.41, 5.74) is -0.365. The number of hydrogen-bond donors (Lipinski definition) is 1. The van der Waals surface area contributed by atoms with Gasteiger partial charge in [0.05, 0.1) is 5.69 Å². The van der Waals surface area contributed by atoms with Gasteiger partial charge < -0.3 is 4.57 Å². The average Bonchev–Trinajstić information content (AvgIpc) is 2.95. The van der Waals surface area contributed by atoms with Crippen LogP contribution in [0.5, 0.6) is 0 Å². The Labute approximate surface area is 151 Å². The van der Waals surface area contributed by atoms with Gasteiger partial charge in [-0.05, 0) is 36.4 Å². The van der Waals surface area contributed by atoms with Gasteiger partial charge in [-0.15, -0.1) is 0 Å². The zero-order valence-electron chi connectivity index (χ0n) is 13.4. The molecule has 1 amide bonds. The van der Waals surface area contributed by atoms with Gasteiger partial charge in [-0.25, -0.2) is 9.97 Å². The summed E-state index contributed by atoms with van der Waals surface area (Å²) >= 11 is 5.78. The largest absolute Gasteiger partial charge is 0.433 e. The van der Waals surface area contributed by atoms with Crippen molar-refractivity contribution in [2.75, 3.05) is 5.32 Å². The average molecular weight is 381 g/mol. The van der Waals surface area contributed by atoms with E-state index in [0.717, 1.165) is 6.07 Å². The number of nitrogens with one attached hydrogen (secondary N) is 1. The van der Waals surface area contributed by atoms with Gasteiger partial charge in [-0.1, -0.05) is 17.7 Å². The predicted molar refractivity (Wildman–Crippen MR) is 90.8 cm³/mol. The highest BCUT2D eigenvalue weighted by Crippen LogP contribution is 2.29. The first kappa shape index (κ1) is 17.9. The van der Waals surface area contributed by atoms with E-state index in [2.05, 4.69) is 15.3 Å². The number of pyridine rings is 1. The fraction of sp³-hybridized carbons (Fsp3) is 0.118. The third-order valence-corrected chi connectivity index (χ3v) is 3.76. The van der Waals surface area contributed by atoms with Crippen LogP contribution >= 0.6 is 11.6 Å². The van der Waals surface area contributed by atoms with E-state index in [4.69, 9.17) is 11.6 Å². The summed E-state index contributed by atoms with van der Waals surface area (Å²) < 4.78 is 39.9. The molecule has 134 valence electrons. The van der Waals surface area contributed by atoms with Gasteiger partial charge in [0.25, 0.3) is 5.91 Å². The zero-order chi connectivity index (χ0) is 18.9. The normalized spacial score (nSPS) is 11.4. The lowest BCUT2D eigenvalue weighted by Crippen LogP contribution is -2.14. The molecule has 0 bridgehead atoms. The molecule has 0 radical (unpaired) electrons.